The Balaban J connectivity index is 2.26. The summed E-state index contributed by atoms with van der Waals surface area (Å²) in [7, 11) is 1.66. The summed E-state index contributed by atoms with van der Waals surface area (Å²) < 4.78 is 7.20. The van der Waals surface area contributed by atoms with Crippen molar-refractivity contribution in [2.24, 2.45) is 5.73 Å². The average Bonchev–Trinajstić information content (AvgIpc) is 2.67. The molecule has 19 heavy (non-hydrogen) atoms. The number of aryl methyl sites for hydroxylation is 3. The number of rotatable bonds is 4. The van der Waals surface area contributed by atoms with E-state index in [0.717, 1.165) is 28.5 Å². The molecule has 0 spiro atoms. The van der Waals surface area contributed by atoms with Gasteiger partial charge in [0.05, 0.1) is 19.7 Å². The van der Waals surface area contributed by atoms with E-state index in [1.807, 2.05) is 37.6 Å². The number of hydrogen-bond donors (Lipinski definition) is 1. The first-order valence-corrected chi connectivity index (χ1v) is 6.29. The minimum Gasteiger partial charge on any atom is -0.496 e. The molecule has 5 nitrogen and oxygen atoms in total. The highest BCUT2D eigenvalue weighted by atomic mass is 16.5. The van der Waals surface area contributed by atoms with Gasteiger partial charge in [-0.05, 0) is 26.8 Å². The van der Waals surface area contributed by atoms with Crippen molar-refractivity contribution >= 4 is 0 Å². The Kier molecular flexibility index (Phi) is 3.85. The Hall–Kier alpha value is -1.88. The van der Waals surface area contributed by atoms with Crippen molar-refractivity contribution in [1.82, 2.24) is 14.8 Å². The molecule has 0 fully saturated rings. The van der Waals surface area contributed by atoms with Crippen LogP contribution in [-0.2, 0) is 6.54 Å². The maximum Gasteiger partial charge on any atom is 0.147 e. The van der Waals surface area contributed by atoms with Crippen molar-refractivity contribution in [3.63, 3.8) is 0 Å². The number of aromatic nitrogens is 3. The van der Waals surface area contributed by atoms with Gasteiger partial charge in [-0.25, -0.2) is 9.67 Å². The van der Waals surface area contributed by atoms with Crippen LogP contribution in [-0.4, -0.2) is 21.9 Å². The molecule has 0 aliphatic carbocycles. The van der Waals surface area contributed by atoms with E-state index < -0.39 is 0 Å². The fourth-order valence-electron chi connectivity index (χ4n) is 2.16. The van der Waals surface area contributed by atoms with Gasteiger partial charge in [0, 0.05) is 5.56 Å². The number of nitrogens with two attached hydrogens (primary N) is 1. The minimum atomic E-state index is -0.172. The quantitative estimate of drug-likeness (QED) is 0.912. The number of hydrogen-bond acceptors (Lipinski definition) is 4. The second-order valence-electron chi connectivity index (χ2n) is 4.74. The van der Waals surface area contributed by atoms with Gasteiger partial charge in [0.1, 0.15) is 17.4 Å². The highest BCUT2D eigenvalue weighted by molar-refractivity contribution is 5.38. The molecule has 0 aliphatic heterocycles. The molecule has 0 bridgehead atoms. The fraction of sp³-hybridized carbons (Fsp3) is 0.429. The van der Waals surface area contributed by atoms with Gasteiger partial charge in [0.2, 0.25) is 0 Å². The van der Waals surface area contributed by atoms with Gasteiger partial charge in [-0.15, -0.1) is 0 Å². The van der Waals surface area contributed by atoms with Crippen LogP contribution in [0.2, 0.25) is 0 Å². The molecule has 1 unspecified atom stereocenters. The van der Waals surface area contributed by atoms with Crippen LogP contribution in [0.15, 0.2) is 18.2 Å². The van der Waals surface area contributed by atoms with Gasteiger partial charge in [-0.2, -0.15) is 5.10 Å². The summed E-state index contributed by atoms with van der Waals surface area (Å²) in [5.41, 5.74) is 8.44. The third kappa shape index (κ3) is 2.93. The number of benzene rings is 1. The van der Waals surface area contributed by atoms with Crippen molar-refractivity contribution in [2.75, 3.05) is 7.11 Å². The summed E-state index contributed by atoms with van der Waals surface area (Å²) in [5, 5.41) is 4.34. The number of ether oxygens (including phenoxy) is 1. The first kappa shape index (κ1) is 13.5. The van der Waals surface area contributed by atoms with Crippen molar-refractivity contribution < 1.29 is 4.74 Å². The van der Waals surface area contributed by atoms with Gasteiger partial charge in [-0.1, -0.05) is 17.7 Å². The smallest absolute Gasteiger partial charge is 0.147 e. The van der Waals surface area contributed by atoms with Gasteiger partial charge in [0.15, 0.2) is 0 Å². The highest BCUT2D eigenvalue weighted by Gasteiger charge is 2.15. The van der Waals surface area contributed by atoms with Gasteiger partial charge < -0.3 is 10.5 Å². The normalized spacial score (nSPS) is 12.5. The summed E-state index contributed by atoms with van der Waals surface area (Å²) in [6.07, 6.45) is 0. The van der Waals surface area contributed by atoms with E-state index in [-0.39, 0.29) is 6.04 Å². The molecule has 1 aromatic heterocycles. The SMILES string of the molecule is COc1ccc(C)cc1C(N)Cn1nc(C)nc1C. The second-order valence-corrected chi connectivity index (χ2v) is 4.74. The van der Waals surface area contributed by atoms with Crippen LogP contribution >= 0.6 is 0 Å². The molecule has 2 N–H and O–H groups in total. The van der Waals surface area contributed by atoms with Crippen molar-refractivity contribution in [2.45, 2.75) is 33.4 Å². The van der Waals surface area contributed by atoms with E-state index in [0.29, 0.717) is 6.54 Å². The van der Waals surface area contributed by atoms with Crippen LogP contribution in [0.25, 0.3) is 0 Å². The maximum absolute atomic E-state index is 6.28. The topological polar surface area (TPSA) is 66.0 Å². The molecular weight excluding hydrogens is 240 g/mol. The molecule has 0 amide bonds. The lowest BCUT2D eigenvalue weighted by Gasteiger charge is -2.17. The van der Waals surface area contributed by atoms with E-state index in [4.69, 9.17) is 10.5 Å². The highest BCUT2D eigenvalue weighted by Crippen LogP contribution is 2.26. The van der Waals surface area contributed by atoms with Crippen molar-refractivity contribution in [1.29, 1.82) is 0 Å². The summed E-state index contributed by atoms with van der Waals surface area (Å²) in [6, 6.07) is 5.85. The third-order valence-corrected chi connectivity index (χ3v) is 3.12. The molecule has 1 atom stereocenters. The molecule has 0 radical (unpaired) electrons. The van der Waals surface area contributed by atoms with Crippen LogP contribution in [0.5, 0.6) is 5.75 Å². The van der Waals surface area contributed by atoms with E-state index in [1.165, 1.54) is 0 Å². The van der Waals surface area contributed by atoms with Crippen LogP contribution in [0, 0.1) is 20.8 Å². The number of nitrogens with zero attached hydrogens (tertiary/aromatic N) is 3. The predicted molar refractivity (Wildman–Crippen MR) is 74.2 cm³/mol. The van der Waals surface area contributed by atoms with Crippen LogP contribution in [0.3, 0.4) is 0 Å². The molecule has 5 heteroatoms. The Labute approximate surface area is 113 Å². The maximum atomic E-state index is 6.28. The van der Waals surface area contributed by atoms with Crippen molar-refractivity contribution in [3.05, 3.63) is 41.0 Å². The monoisotopic (exact) mass is 260 g/mol. The standard InChI is InChI=1S/C14H20N4O/c1-9-5-6-14(19-4)12(7-9)13(15)8-18-11(3)16-10(2)17-18/h5-7,13H,8,15H2,1-4H3. The van der Waals surface area contributed by atoms with Crippen LogP contribution in [0.4, 0.5) is 0 Å². The first-order valence-electron chi connectivity index (χ1n) is 6.29. The van der Waals surface area contributed by atoms with Crippen molar-refractivity contribution in [3.8, 4) is 5.75 Å². The van der Waals surface area contributed by atoms with E-state index in [9.17, 15) is 0 Å². The molecule has 2 aromatic rings. The lowest BCUT2D eigenvalue weighted by atomic mass is 10.0. The van der Waals surface area contributed by atoms with E-state index in [2.05, 4.69) is 16.1 Å². The Morgan fingerprint density at radius 1 is 1.32 bits per heavy atom. The van der Waals surface area contributed by atoms with E-state index in [1.54, 1.807) is 7.11 Å². The summed E-state index contributed by atoms with van der Waals surface area (Å²) in [5.74, 6) is 2.45. The molecular formula is C14H20N4O. The van der Waals surface area contributed by atoms with E-state index >= 15 is 0 Å². The summed E-state index contributed by atoms with van der Waals surface area (Å²) in [4.78, 5) is 4.28. The Morgan fingerprint density at radius 2 is 2.05 bits per heavy atom. The van der Waals surface area contributed by atoms with Gasteiger partial charge >= 0.3 is 0 Å². The zero-order valence-electron chi connectivity index (χ0n) is 11.8. The van der Waals surface area contributed by atoms with Gasteiger partial charge in [0.25, 0.3) is 0 Å². The van der Waals surface area contributed by atoms with Crippen LogP contribution < -0.4 is 10.5 Å². The third-order valence-electron chi connectivity index (χ3n) is 3.12. The van der Waals surface area contributed by atoms with Crippen LogP contribution in [0.1, 0.15) is 28.8 Å². The Bertz CT molecular complexity index is 577. The molecule has 0 saturated carbocycles. The second kappa shape index (κ2) is 5.40. The average molecular weight is 260 g/mol. The minimum absolute atomic E-state index is 0.172. The molecule has 0 saturated heterocycles. The summed E-state index contributed by atoms with van der Waals surface area (Å²) >= 11 is 0. The molecule has 1 heterocycles. The molecule has 102 valence electrons. The number of methoxy groups -OCH3 is 1. The molecule has 1 aromatic carbocycles. The lowest BCUT2D eigenvalue weighted by Crippen LogP contribution is -2.20. The molecule has 2 rings (SSSR count). The first-order chi connectivity index (χ1) is 9.01. The summed E-state index contributed by atoms with van der Waals surface area (Å²) in [6.45, 7) is 6.44. The Morgan fingerprint density at radius 3 is 2.63 bits per heavy atom. The predicted octanol–water partition coefficient (Wildman–Crippen LogP) is 1.91. The fourth-order valence-corrected chi connectivity index (χ4v) is 2.16. The lowest BCUT2D eigenvalue weighted by molar-refractivity contribution is 0.399. The van der Waals surface area contributed by atoms with Gasteiger partial charge in [-0.3, -0.25) is 0 Å². The zero-order valence-corrected chi connectivity index (χ0v) is 11.8. The zero-order chi connectivity index (χ0) is 14.0. The largest absolute Gasteiger partial charge is 0.496 e. The molecule has 0 aliphatic rings.